The molecule has 0 saturated carbocycles. The Bertz CT molecular complexity index is 787. The second kappa shape index (κ2) is 14.3. The second-order valence-electron chi connectivity index (χ2n) is 9.04. The highest BCUT2D eigenvalue weighted by Crippen LogP contribution is 2.26. The fourth-order valence-corrected chi connectivity index (χ4v) is 3.53. The maximum atomic E-state index is 12.9. The van der Waals surface area contributed by atoms with Crippen LogP contribution in [0.25, 0.3) is 0 Å². The lowest BCUT2D eigenvalue weighted by molar-refractivity contribution is -0.163. The molecule has 200 valence electrons. The van der Waals surface area contributed by atoms with Crippen molar-refractivity contribution in [2.24, 2.45) is 17.8 Å². The number of rotatable bonds is 10. The average Bonchev–Trinajstić information content (AvgIpc) is 2.79. The minimum absolute atomic E-state index is 0.0524. The first-order chi connectivity index (χ1) is 16.2. The maximum Gasteiger partial charge on any atom is 0.325 e. The Labute approximate surface area is 222 Å². The Hall–Kier alpha value is -1.55. The average molecular weight is 557 g/mol. The molecule has 2 N–H and O–H groups in total. The van der Waals surface area contributed by atoms with Crippen LogP contribution in [-0.2, 0) is 28.7 Å². The summed E-state index contributed by atoms with van der Waals surface area (Å²) >= 11 is 16.8. The van der Waals surface area contributed by atoms with Crippen molar-refractivity contribution < 1.29 is 28.7 Å². The summed E-state index contributed by atoms with van der Waals surface area (Å²) in [6, 6.07) is -1.74. The van der Waals surface area contributed by atoms with E-state index in [9.17, 15) is 19.2 Å². The molecule has 1 aliphatic heterocycles. The van der Waals surface area contributed by atoms with E-state index >= 15 is 0 Å². The number of carbonyl (C=O) groups excluding carboxylic acids is 4. The fourth-order valence-electron chi connectivity index (χ4n) is 3.37. The third-order valence-electron chi connectivity index (χ3n) is 5.61. The van der Waals surface area contributed by atoms with Crippen molar-refractivity contribution in [3.8, 4) is 0 Å². The SMILES string of the molecule is C/C=C/C(C)C(C)C(=O)O[C@H](C(=O)NC(C)C(=O)N1CCC[C@@H](C(=O)OCC(Cl)(Cl)Cl)N1)C(C)C. The Balaban J connectivity index is 2.74. The Morgan fingerprint density at radius 2 is 1.77 bits per heavy atom. The van der Waals surface area contributed by atoms with E-state index in [1.807, 2.05) is 26.0 Å². The summed E-state index contributed by atoms with van der Waals surface area (Å²) in [7, 11) is 0. The van der Waals surface area contributed by atoms with E-state index in [1.54, 1.807) is 20.8 Å². The molecule has 1 aliphatic rings. The third kappa shape index (κ3) is 10.5. The topological polar surface area (TPSA) is 114 Å². The van der Waals surface area contributed by atoms with Gasteiger partial charge < -0.3 is 14.8 Å². The number of nitrogens with one attached hydrogen (secondary N) is 2. The summed E-state index contributed by atoms with van der Waals surface area (Å²) in [4.78, 5) is 50.6. The number of ether oxygens (including phenoxy) is 2. The second-order valence-corrected chi connectivity index (χ2v) is 11.6. The van der Waals surface area contributed by atoms with E-state index in [2.05, 4.69) is 10.7 Å². The summed E-state index contributed by atoms with van der Waals surface area (Å²) in [6.07, 6.45) is 3.65. The molecule has 0 aromatic heterocycles. The zero-order chi connectivity index (χ0) is 26.9. The summed E-state index contributed by atoms with van der Waals surface area (Å²) in [5.74, 6) is -2.97. The van der Waals surface area contributed by atoms with Crippen molar-refractivity contribution in [1.29, 1.82) is 0 Å². The lowest BCUT2D eigenvalue weighted by Crippen LogP contribution is -2.60. The number of hydrazine groups is 1. The van der Waals surface area contributed by atoms with E-state index in [0.29, 0.717) is 19.4 Å². The van der Waals surface area contributed by atoms with Crippen molar-refractivity contribution >= 4 is 58.6 Å². The van der Waals surface area contributed by atoms with Gasteiger partial charge in [-0.3, -0.25) is 24.2 Å². The molecule has 0 aromatic carbocycles. The number of halogens is 3. The van der Waals surface area contributed by atoms with Crippen LogP contribution in [0.15, 0.2) is 12.2 Å². The quantitative estimate of drug-likeness (QED) is 0.241. The molecule has 2 amide bonds. The highest BCUT2D eigenvalue weighted by atomic mass is 35.6. The Morgan fingerprint density at radius 1 is 1.14 bits per heavy atom. The molecule has 1 heterocycles. The van der Waals surface area contributed by atoms with Gasteiger partial charge in [-0.05, 0) is 38.5 Å². The fraction of sp³-hybridized carbons (Fsp3) is 0.739. The molecule has 12 heteroatoms. The van der Waals surface area contributed by atoms with Gasteiger partial charge in [-0.25, -0.2) is 5.43 Å². The van der Waals surface area contributed by atoms with Crippen LogP contribution in [0.5, 0.6) is 0 Å². The molecule has 35 heavy (non-hydrogen) atoms. The summed E-state index contributed by atoms with van der Waals surface area (Å²) in [5.41, 5.74) is 2.80. The molecule has 5 atom stereocenters. The molecule has 3 unspecified atom stereocenters. The number of allylic oxidation sites excluding steroid dienone is 2. The summed E-state index contributed by atoms with van der Waals surface area (Å²) in [6.45, 7) is 10.4. The molecule has 0 aromatic rings. The number of alkyl halides is 3. The zero-order valence-electron chi connectivity index (χ0n) is 21.0. The van der Waals surface area contributed by atoms with Crippen molar-refractivity contribution in [2.45, 2.75) is 76.4 Å². The van der Waals surface area contributed by atoms with Gasteiger partial charge in [0, 0.05) is 6.54 Å². The van der Waals surface area contributed by atoms with Gasteiger partial charge in [0.1, 0.15) is 18.7 Å². The molecule has 0 bridgehead atoms. The molecule has 0 aliphatic carbocycles. The van der Waals surface area contributed by atoms with Crippen LogP contribution in [0.1, 0.15) is 54.4 Å². The van der Waals surface area contributed by atoms with Crippen LogP contribution >= 0.6 is 34.8 Å². The number of amides is 2. The van der Waals surface area contributed by atoms with Crippen LogP contribution in [-0.4, -0.2) is 63.9 Å². The van der Waals surface area contributed by atoms with Crippen LogP contribution in [0.2, 0.25) is 0 Å². The van der Waals surface area contributed by atoms with Gasteiger partial charge in [0.15, 0.2) is 6.10 Å². The Morgan fingerprint density at radius 3 is 2.31 bits per heavy atom. The van der Waals surface area contributed by atoms with Gasteiger partial charge >= 0.3 is 11.9 Å². The smallest absolute Gasteiger partial charge is 0.325 e. The first-order valence-corrected chi connectivity index (χ1v) is 12.8. The molecule has 1 fully saturated rings. The molecule has 9 nitrogen and oxygen atoms in total. The standard InChI is InChI=1S/C23H36Cl3N3O6/c1-7-9-14(4)15(5)21(32)35-18(13(2)3)19(30)27-16(6)20(31)29-11-8-10-17(28-29)22(33)34-12-23(24,25)26/h7,9,13-18,28H,8,10-12H2,1-6H3,(H,27,30)/b9-7+/t14?,15?,16?,17-,18-/m0/s1. The van der Waals surface area contributed by atoms with Crippen molar-refractivity contribution in [3.05, 3.63) is 12.2 Å². The van der Waals surface area contributed by atoms with Gasteiger partial charge in [-0.2, -0.15) is 0 Å². The first-order valence-electron chi connectivity index (χ1n) is 11.6. The van der Waals surface area contributed by atoms with Crippen molar-refractivity contribution in [2.75, 3.05) is 13.2 Å². The molecule has 0 spiro atoms. The van der Waals surface area contributed by atoms with Gasteiger partial charge in [0.05, 0.1) is 5.92 Å². The van der Waals surface area contributed by atoms with Crippen LogP contribution < -0.4 is 10.7 Å². The third-order valence-corrected chi connectivity index (χ3v) is 5.93. The van der Waals surface area contributed by atoms with E-state index in [1.165, 1.54) is 11.9 Å². The van der Waals surface area contributed by atoms with Gasteiger partial charge in [0.25, 0.3) is 11.8 Å². The molecule has 1 rings (SSSR count). The highest BCUT2D eigenvalue weighted by molar-refractivity contribution is 6.67. The Kier molecular flexibility index (Phi) is 12.8. The van der Waals surface area contributed by atoms with E-state index in [0.717, 1.165) is 0 Å². The number of carbonyl (C=O) groups is 4. The van der Waals surface area contributed by atoms with E-state index in [-0.39, 0.29) is 11.8 Å². The zero-order valence-corrected chi connectivity index (χ0v) is 23.2. The lowest BCUT2D eigenvalue weighted by atomic mass is 9.95. The largest absolute Gasteiger partial charge is 0.460 e. The van der Waals surface area contributed by atoms with E-state index in [4.69, 9.17) is 44.3 Å². The minimum atomic E-state index is -1.74. The van der Waals surface area contributed by atoms with Crippen LogP contribution in [0.3, 0.4) is 0 Å². The van der Waals surface area contributed by atoms with E-state index < -0.39 is 58.3 Å². The number of esters is 2. The van der Waals surface area contributed by atoms with Crippen molar-refractivity contribution in [1.82, 2.24) is 15.8 Å². The highest BCUT2D eigenvalue weighted by Gasteiger charge is 2.35. The van der Waals surface area contributed by atoms with Gasteiger partial charge in [0.2, 0.25) is 3.79 Å². The minimum Gasteiger partial charge on any atom is -0.460 e. The molecular weight excluding hydrogens is 521 g/mol. The summed E-state index contributed by atoms with van der Waals surface area (Å²) < 4.78 is 8.76. The number of nitrogens with zero attached hydrogens (tertiary/aromatic N) is 1. The van der Waals surface area contributed by atoms with Gasteiger partial charge in [-0.1, -0.05) is 74.6 Å². The monoisotopic (exact) mass is 555 g/mol. The van der Waals surface area contributed by atoms with Crippen LogP contribution in [0, 0.1) is 17.8 Å². The lowest BCUT2D eigenvalue weighted by Gasteiger charge is -2.34. The number of hydrogen-bond acceptors (Lipinski definition) is 7. The predicted molar refractivity (Wildman–Crippen MR) is 135 cm³/mol. The number of hydrogen-bond donors (Lipinski definition) is 2. The molecule has 1 saturated heterocycles. The molecular formula is C23H36Cl3N3O6. The predicted octanol–water partition coefficient (Wildman–Crippen LogP) is 3.32. The van der Waals surface area contributed by atoms with Crippen molar-refractivity contribution in [3.63, 3.8) is 0 Å². The normalized spacial score (nSPS) is 20.2. The first kappa shape index (κ1) is 31.5. The van der Waals surface area contributed by atoms with Gasteiger partial charge in [-0.15, -0.1) is 0 Å². The maximum absolute atomic E-state index is 12.9. The summed E-state index contributed by atoms with van der Waals surface area (Å²) in [5, 5.41) is 3.87. The molecule has 0 radical (unpaired) electrons. The van der Waals surface area contributed by atoms with Crippen LogP contribution in [0.4, 0.5) is 0 Å².